The van der Waals surface area contributed by atoms with Crippen molar-refractivity contribution in [1.29, 1.82) is 0 Å². The van der Waals surface area contributed by atoms with Crippen LogP contribution in [0.25, 0.3) is 0 Å². The molecule has 6 heterocycles. The minimum atomic E-state index is -1.31. The molecule has 0 aromatic carbocycles. The highest BCUT2D eigenvalue weighted by molar-refractivity contribution is 8.00. The number of carbonyl (C=O) groups excluding carboxylic acids is 4. The summed E-state index contributed by atoms with van der Waals surface area (Å²) in [4.78, 5) is 78.0. The highest BCUT2D eigenvalue weighted by Gasteiger charge is 2.54. The lowest BCUT2D eigenvalue weighted by molar-refractivity contribution is -0.684. The number of hydrogen-bond acceptors (Lipinski definition) is 14. The third kappa shape index (κ3) is 7.93. The number of thiazole rings is 1. The van der Waals surface area contributed by atoms with Crippen molar-refractivity contribution in [1.82, 2.24) is 30.3 Å². The Kier molecular flexibility index (Phi) is 10.5. The van der Waals surface area contributed by atoms with E-state index in [1.165, 1.54) is 23.1 Å². The highest BCUT2D eigenvalue weighted by atomic mass is 32.2. The van der Waals surface area contributed by atoms with E-state index in [4.69, 9.17) is 10.6 Å². The van der Waals surface area contributed by atoms with Gasteiger partial charge in [-0.3, -0.25) is 29.4 Å². The number of likely N-dealkylation sites (tertiary alicyclic amines) is 1. The van der Waals surface area contributed by atoms with Crippen molar-refractivity contribution < 1.29 is 38.5 Å². The molecule has 2 atom stereocenters. The van der Waals surface area contributed by atoms with Crippen LogP contribution in [0.4, 0.5) is 10.3 Å². The van der Waals surface area contributed by atoms with Crippen LogP contribution >= 0.6 is 34.4 Å². The summed E-state index contributed by atoms with van der Waals surface area (Å²) in [6.07, 6.45) is 9.03. The molecule has 1 saturated carbocycles. The van der Waals surface area contributed by atoms with Gasteiger partial charge in [0, 0.05) is 34.9 Å². The van der Waals surface area contributed by atoms with Crippen LogP contribution in [0.5, 0.6) is 0 Å². The number of aliphatic carboxylic acids is 1. The van der Waals surface area contributed by atoms with Crippen molar-refractivity contribution in [2.24, 2.45) is 5.16 Å². The molecule has 0 spiro atoms. The largest absolute Gasteiger partial charge is 0.477 e. The molecule has 0 radical (unpaired) electrons. The number of allylic oxidation sites excluding steroid dienone is 1. The molecule has 0 bridgehead atoms. The summed E-state index contributed by atoms with van der Waals surface area (Å²) in [6.45, 7) is 2.54. The maximum atomic E-state index is 13.5. The van der Waals surface area contributed by atoms with Gasteiger partial charge in [-0.1, -0.05) is 16.5 Å². The third-order valence-corrected chi connectivity index (χ3v) is 11.7. The number of aromatic nitrogens is 4. The van der Waals surface area contributed by atoms with Crippen LogP contribution in [0.15, 0.2) is 58.0 Å². The number of rotatable bonds is 12. The summed E-state index contributed by atoms with van der Waals surface area (Å²) in [6, 6.07) is 2.64. The molecule has 3 aliphatic heterocycles. The maximum Gasteiger partial charge on any atom is 0.352 e. The van der Waals surface area contributed by atoms with Gasteiger partial charge < -0.3 is 25.9 Å². The lowest BCUT2D eigenvalue weighted by Crippen LogP contribution is -2.71. The molecule has 3 aromatic heterocycles. The molecule has 53 heavy (non-hydrogen) atoms. The number of nitrogens with zero attached hydrogens (tertiary/aromatic N) is 7. The van der Waals surface area contributed by atoms with Crippen molar-refractivity contribution >= 4 is 80.0 Å². The van der Waals surface area contributed by atoms with Crippen LogP contribution < -0.4 is 20.9 Å². The molecule has 0 unspecified atom stereocenters. The number of carboxylic acid groups (broad SMARTS) is 1. The fourth-order valence-corrected chi connectivity index (χ4v) is 8.97. The Labute approximate surface area is 315 Å². The van der Waals surface area contributed by atoms with E-state index in [9.17, 15) is 29.1 Å². The van der Waals surface area contributed by atoms with Crippen LogP contribution in [-0.4, -0.2) is 95.2 Å². The zero-order chi connectivity index (χ0) is 37.2. The maximum absolute atomic E-state index is 13.5. The van der Waals surface area contributed by atoms with Gasteiger partial charge in [-0.25, -0.2) is 9.78 Å². The van der Waals surface area contributed by atoms with Gasteiger partial charge >= 0.3 is 5.97 Å². The highest BCUT2D eigenvalue weighted by Crippen LogP contribution is 2.41. The number of anilines is 2. The number of carbonyl (C=O) groups is 5. The summed E-state index contributed by atoms with van der Waals surface area (Å²) in [7, 11) is 0. The van der Waals surface area contributed by atoms with Gasteiger partial charge in [-0.15, -0.1) is 33.3 Å². The minimum Gasteiger partial charge on any atom is -0.477 e. The second-order valence-corrected chi connectivity index (χ2v) is 15.9. The summed E-state index contributed by atoms with van der Waals surface area (Å²) in [5.74, 6) is -2.91. The molecular weight excluding hydrogens is 745 g/mol. The Morgan fingerprint density at radius 3 is 2.75 bits per heavy atom. The fraction of sp³-hybridized carbons (Fsp3) is 0.394. The van der Waals surface area contributed by atoms with Gasteiger partial charge in [0.2, 0.25) is 17.6 Å². The molecule has 17 nitrogen and oxygen atoms in total. The molecule has 20 heteroatoms. The first kappa shape index (κ1) is 36.2. The van der Waals surface area contributed by atoms with Crippen LogP contribution in [-0.2, 0) is 41.9 Å². The van der Waals surface area contributed by atoms with Gasteiger partial charge in [0.15, 0.2) is 23.2 Å². The van der Waals surface area contributed by atoms with E-state index in [2.05, 4.69) is 31.0 Å². The molecule has 5 N–H and O–H groups in total. The normalized spacial score (nSPS) is 21.2. The molecule has 4 amide bonds. The first-order valence-corrected chi connectivity index (χ1v) is 19.5. The van der Waals surface area contributed by atoms with E-state index < -0.39 is 29.2 Å². The van der Waals surface area contributed by atoms with Gasteiger partial charge in [-0.05, 0) is 56.7 Å². The number of nitrogen functional groups attached to an aromatic ring is 1. The Morgan fingerprint density at radius 1 is 1.23 bits per heavy atom. The monoisotopic (exact) mass is 779 g/mol. The number of aryl methyl sites for hydroxylation is 1. The minimum absolute atomic E-state index is 0.0423. The standard InChI is InChI=1S/C33H34N10O7S3/c1-17-38-39-33(53-17)36-23(44)14-41-9-4-5-18(12-41)13-42-10-8-19(28(42)46)11-20-15-51-30-25(29(47)43(30)26(20)31(48)49)37-27(45)24(22-16-52-32(34)35-22)40-50-21-6-2-3-7-21/h4-5,9,11-12,16,21,25,30H,2-3,6-8,10,13-15H2,1H3,(H4-,34,35,36,37,39,44,45,48,49)/p+1/b19-11?,40-24-/t25-,30-/m1/s1. The van der Waals surface area contributed by atoms with Crippen molar-refractivity contribution in [3.8, 4) is 0 Å². The smallest absolute Gasteiger partial charge is 0.352 e. The fourth-order valence-electron chi connectivity index (χ4n) is 6.51. The number of nitrogens with one attached hydrogen (secondary N) is 2. The van der Waals surface area contributed by atoms with Gasteiger partial charge in [0.05, 0.1) is 6.54 Å². The van der Waals surface area contributed by atoms with Crippen LogP contribution in [0.2, 0.25) is 0 Å². The molecule has 3 aromatic rings. The van der Waals surface area contributed by atoms with Crippen molar-refractivity contribution in [3.05, 3.63) is 69.1 Å². The predicted molar refractivity (Wildman–Crippen MR) is 194 cm³/mol. The zero-order valence-electron chi connectivity index (χ0n) is 28.4. The summed E-state index contributed by atoms with van der Waals surface area (Å²) in [5.41, 5.74) is 7.24. The second kappa shape index (κ2) is 15.4. The van der Waals surface area contributed by atoms with E-state index >= 15 is 0 Å². The van der Waals surface area contributed by atoms with Crippen LogP contribution in [0, 0.1) is 6.92 Å². The zero-order valence-corrected chi connectivity index (χ0v) is 30.8. The van der Waals surface area contributed by atoms with E-state index in [-0.39, 0.29) is 59.0 Å². The Morgan fingerprint density at radius 2 is 2.04 bits per heavy atom. The molecular formula is C33H35N10O7S3+. The van der Waals surface area contributed by atoms with Crippen LogP contribution in [0.3, 0.4) is 0 Å². The number of amides is 4. The number of pyridine rings is 1. The first-order valence-electron chi connectivity index (χ1n) is 16.8. The number of oxime groups is 1. The Balaban J connectivity index is 1.00. The Bertz CT molecular complexity index is 2070. The number of fused-ring (bicyclic) bond motifs is 1. The average molecular weight is 780 g/mol. The Hall–Kier alpha value is -5.21. The van der Waals surface area contributed by atoms with Gasteiger partial charge in [-0.2, -0.15) is 4.57 Å². The van der Waals surface area contributed by atoms with Gasteiger partial charge in [0.25, 0.3) is 17.7 Å². The molecule has 1 aliphatic carbocycles. The van der Waals surface area contributed by atoms with E-state index in [1.807, 2.05) is 6.07 Å². The molecule has 3 fully saturated rings. The average Bonchev–Trinajstić information content (AvgIpc) is 3.95. The lowest BCUT2D eigenvalue weighted by Gasteiger charge is -2.49. The number of hydrogen-bond donors (Lipinski definition) is 4. The second-order valence-electron chi connectivity index (χ2n) is 12.8. The first-order chi connectivity index (χ1) is 25.5. The SMILES string of the molecule is Cc1nnc(NC(=O)C[n+]2cccc(CN3CCC(=CC4=C(C(=O)O)N5C(=O)[C@@H](NC(=O)/C(=N\OC6CCCC6)c6csc(N)n6)[C@H]5SC4)C3=O)c2)s1. The number of β-lactam (4-membered cyclic amide) rings is 1. The van der Waals surface area contributed by atoms with Crippen LogP contribution in [0.1, 0.15) is 48.4 Å². The molecule has 2 saturated heterocycles. The summed E-state index contributed by atoms with van der Waals surface area (Å²) < 4.78 is 1.71. The van der Waals surface area contributed by atoms with E-state index in [1.54, 1.807) is 46.3 Å². The summed E-state index contributed by atoms with van der Waals surface area (Å²) in [5, 5.41) is 29.9. The summed E-state index contributed by atoms with van der Waals surface area (Å²) >= 11 is 3.71. The van der Waals surface area contributed by atoms with E-state index in [0.29, 0.717) is 29.2 Å². The lowest BCUT2D eigenvalue weighted by atomic mass is 10.0. The van der Waals surface area contributed by atoms with Gasteiger partial charge in [0.1, 0.15) is 33.9 Å². The molecule has 276 valence electrons. The third-order valence-electron chi connectivity index (χ3n) is 9.01. The van der Waals surface area contributed by atoms with Crippen molar-refractivity contribution in [3.63, 3.8) is 0 Å². The topological polar surface area (TPSA) is 226 Å². The number of carboxylic acids is 1. The molecule has 7 rings (SSSR count). The number of thioether (sulfide) groups is 1. The quantitative estimate of drug-likeness (QED) is 0.0676. The number of nitrogens with two attached hydrogens (primary N) is 1. The van der Waals surface area contributed by atoms with E-state index in [0.717, 1.165) is 52.5 Å². The molecule has 4 aliphatic rings. The van der Waals surface area contributed by atoms with Crippen molar-refractivity contribution in [2.45, 2.75) is 69.6 Å². The predicted octanol–water partition coefficient (Wildman–Crippen LogP) is 1.57. The van der Waals surface area contributed by atoms with Crippen molar-refractivity contribution in [2.75, 3.05) is 23.3 Å².